The normalized spacial score (nSPS) is 12.4. The molecule has 0 radical (unpaired) electrons. The molecule has 0 fully saturated rings. The quantitative estimate of drug-likeness (QED) is 0.474. The van der Waals surface area contributed by atoms with Gasteiger partial charge in [-0.25, -0.2) is 9.59 Å². The molecule has 1 aromatic rings. The number of halogens is 1. The number of alkyl carbamates (subject to hydrolysis) is 1. The molecular formula is C18H23BrN2O6. The van der Waals surface area contributed by atoms with Crippen molar-refractivity contribution in [2.45, 2.75) is 31.6 Å². The van der Waals surface area contributed by atoms with E-state index in [1.807, 2.05) is 30.3 Å². The van der Waals surface area contributed by atoms with E-state index in [4.69, 9.17) is 4.74 Å². The molecule has 0 bridgehead atoms. The number of hydrogen-bond acceptors (Lipinski definition) is 6. The van der Waals surface area contributed by atoms with Gasteiger partial charge in [-0.1, -0.05) is 52.8 Å². The maximum atomic E-state index is 12.0. The van der Waals surface area contributed by atoms with Crippen LogP contribution < -0.4 is 10.6 Å². The standard InChI is InChI=1S/C18H23BrN2O6/c1-12(19)8-15(17(24)26-2)21-16(23)9-14(22)10-20-18(25)27-11-13-6-4-3-5-7-13/h3-7,14-15,22H,1,8-11H2,2H3,(H,20,25)(H,21,23)/t14-,15+/m0/s1. The molecule has 9 heteroatoms. The molecule has 3 N–H and O–H groups in total. The Balaban J connectivity index is 2.34. The van der Waals surface area contributed by atoms with Gasteiger partial charge >= 0.3 is 12.1 Å². The van der Waals surface area contributed by atoms with Crippen LogP contribution in [-0.4, -0.2) is 48.9 Å². The summed E-state index contributed by atoms with van der Waals surface area (Å²) >= 11 is 3.12. The van der Waals surface area contributed by atoms with Crippen molar-refractivity contribution < 1.29 is 29.0 Å². The second kappa shape index (κ2) is 12.1. The molecule has 0 aromatic heterocycles. The van der Waals surface area contributed by atoms with E-state index in [9.17, 15) is 19.5 Å². The van der Waals surface area contributed by atoms with E-state index in [0.717, 1.165) is 5.56 Å². The highest BCUT2D eigenvalue weighted by Gasteiger charge is 2.23. The van der Waals surface area contributed by atoms with Crippen LogP contribution in [-0.2, 0) is 25.7 Å². The number of rotatable bonds is 10. The van der Waals surface area contributed by atoms with Crippen LogP contribution in [0.25, 0.3) is 0 Å². The molecule has 2 amide bonds. The van der Waals surface area contributed by atoms with Gasteiger partial charge in [-0.05, 0) is 10.0 Å². The van der Waals surface area contributed by atoms with Crippen molar-refractivity contribution in [3.63, 3.8) is 0 Å². The van der Waals surface area contributed by atoms with Crippen LogP contribution >= 0.6 is 15.9 Å². The highest BCUT2D eigenvalue weighted by atomic mass is 79.9. The molecule has 2 atom stereocenters. The Morgan fingerprint density at radius 1 is 1.22 bits per heavy atom. The van der Waals surface area contributed by atoms with E-state index in [-0.39, 0.29) is 26.0 Å². The summed E-state index contributed by atoms with van der Waals surface area (Å²) in [5.41, 5.74) is 0.829. The van der Waals surface area contributed by atoms with E-state index in [1.165, 1.54) is 7.11 Å². The fourth-order valence-electron chi connectivity index (χ4n) is 2.07. The number of aliphatic hydroxyl groups excluding tert-OH is 1. The minimum Gasteiger partial charge on any atom is -0.467 e. The third-order valence-corrected chi connectivity index (χ3v) is 3.69. The molecule has 0 spiro atoms. The smallest absolute Gasteiger partial charge is 0.407 e. The first-order chi connectivity index (χ1) is 12.8. The van der Waals surface area contributed by atoms with E-state index in [2.05, 4.69) is 37.9 Å². The topological polar surface area (TPSA) is 114 Å². The minimum atomic E-state index is -1.14. The summed E-state index contributed by atoms with van der Waals surface area (Å²) in [7, 11) is 1.21. The lowest BCUT2D eigenvalue weighted by atomic mass is 10.1. The minimum absolute atomic E-state index is 0.0977. The van der Waals surface area contributed by atoms with Crippen LogP contribution in [0.15, 0.2) is 41.4 Å². The summed E-state index contributed by atoms with van der Waals surface area (Å²) in [6.45, 7) is 3.54. The van der Waals surface area contributed by atoms with Crippen molar-refractivity contribution >= 4 is 33.9 Å². The molecule has 0 saturated carbocycles. The van der Waals surface area contributed by atoms with Gasteiger partial charge in [-0.3, -0.25) is 4.79 Å². The Morgan fingerprint density at radius 2 is 1.89 bits per heavy atom. The van der Waals surface area contributed by atoms with Gasteiger partial charge < -0.3 is 25.2 Å². The second-order valence-electron chi connectivity index (χ2n) is 5.67. The molecule has 148 valence electrons. The van der Waals surface area contributed by atoms with Gasteiger partial charge in [0.2, 0.25) is 5.91 Å². The first-order valence-corrected chi connectivity index (χ1v) is 8.94. The zero-order chi connectivity index (χ0) is 20.2. The SMILES string of the molecule is C=C(Br)C[C@@H](NC(=O)C[C@H](O)CNC(=O)OCc1ccccc1)C(=O)OC. The van der Waals surface area contributed by atoms with Crippen molar-refractivity contribution in [3.8, 4) is 0 Å². The zero-order valence-electron chi connectivity index (χ0n) is 14.9. The summed E-state index contributed by atoms with van der Waals surface area (Å²) in [5, 5.41) is 14.7. The number of amides is 2. The van der Waals surface area contributed by atoms with Crippen LogP contribution in [0.1, 0.15) is 18.4 Å². The van der Waals surface area contributed by atoms with Crippen molar-refractivity contribution in [1.29, 1.82) is 0 Å². The van der Waals surface area contributed by atoms with E-state index >= 15 is 0 Å². The molecule has 1 aromatic carbocycles. The van der Waals surface area contributed by atoms with Gasteiger partial charge in [0.05, 0.1) is 19.6 Å². The first-order valence-electron chi connectivity index (χ1n) is 8.15. The summed E-state index contributed by atoms with van der Waals surface area (Å²) in [4.78, 5) is 35.2. The molecular weight excluding hydrogens is 420 g/mol. The Kier molecular flexibility index (Phi) is 10.1. The molecule has 0 aliphatic carbocycles. The van der Waals surface area contributed by atoms with E-state index in [0.29, 0.717) is 4.48 Å². The van der Waals surface area contributed by atoms with Gasteiger partial charge in [-0.2, -0.15) is 0 Å². The van der Waals surface area contributed by atoms with Crippen LogP contribution in [0.5, 0.6) is 0 Å². The Morgan fingerprint density at radius 3 is 2.48 bits per heavy atom. The van der Waals surface area contributed by atoms with Gasteiger partial charge in [0.25, 0.3) is 0 Å². The van der Waals surface area contributed by atoms with Crippen molar-refractivity contribution in [1.82, 2.24) is 10.6 Å². The summed E-state index contributed by atoms with van der Waals surface area (Å²) < 4.78 is 10.1. The third-order valence-electron chi connectivity index (χ3n) is 3.36. The highest BCUT2D eigenvalue weighted by Crippen LogP contribution is 2.11. The molecule has 8 nitrogen and oxygen atoms in total. The summed E-state index contributed by atoms with van der Waals surface area (Å²) in [6, 6.07) is 8.21. The molecule has 0 heterocycles. The highest BCUT2D eigenvalue weighted by molar-refractivity contribution is 9.11. The van der Waals surface area contributed by atoms with Crippen LogP contribution in [0, 0.1) is 0 Å². The average Bonchev–Trinajstić information content (AvgIpc) is 2.63. The third kappa shape index (κ3) is 9.76. The molecule has 0 aliphatic heterocycles. The molecule has 0 aliphatic rings. The number of ether oxygens (including phenoxy) is 2. The lowest BCUT2D eigenvalue weighted by molar-refractivity contribution is -0.145. The molecule has 27 heavy (non-hydrogen) atoms. The van der Waals surface area contributed by atoms with E-state index in [1.54, 1.807) is 0 Å². The fourth-order valence-corrected chi connectivity index (χ4v) is 2.40. The second-order valence-corrected chi connectivity index (χ2v) is 6.79. The number of carbonyl (C=O) groups is 3. The zero-order valence-corrected chi connectivity index (χ0v) is 16.5. The van der Waals surface area contributed by atoms with Gasteiger partial charge in [0.1, 0.15) is 12.6 Å². The number of nitrogens with one attached hydrogen (secondary N) is 2. The monoisotopic (exact) mass is 442 g/mol. The summed E-state index contributed by atoms with van der Waals surface area (Å²) in [5.74, 6) is -1.19. The fraction of sp³-hybridized carbons (Fsp3) is 0.389. The molecule has 0 unspecified atom stereocenters. The number of hydrogen-bond donors (Lipinski definition) is 3. The van der Waals surface area contributed by atoms with Gasteiger partial charge in [0, 0.05) is 13.0 Å². The predicted molar refractivity (Wildman–Crippen MR) is 102 cm³/mol. The Bertz CT molecular complexity index is 653. The number of benzene rings is 1. The first kappa shape index (κ1) is 22.7. The average molecular weight is 443 g/mol. The molecule has 1 rings (SSSR count). The predicted octanol–water partition coefficient (Wildman–Crippen LogP) is 1.62. The van der Waals surface area contributed by atoms with Crippen LogP contribution in [0.2, 0.25) is 0 Å². The summed E-state index contributed by atoms with van der Waals surface area (Å²) in [6.07, 6.45) is -2.00. The van der Waals surface area contributed by atoms with Gasteiger partial charge in [-0.15, -0.1) is 0 Å². The number of esters is 1. The lowest BCUT2D eigenvalue weighted by Gasteiger charge is -2.17. The largest absolute Gasteiger partial charge is 0.467 e. The number of carbonyl (C=O) groups excluding carboxylic acids is 3. The Labute approximate surface area is 166 Å². The lowest BCUT2D eigenvalue weighted by Crippen LogP contribution is -2.43. The van der Waals surface area contributed by atoms with Crippen LogP contribution in [0.4, 0.5) is 4.79 Å². The Hall–Kier alpha value is -2.39. The van der Waals surface area contributed by atoms with Crippen LogP contribution in [0.3, 0.4) is 0 Å². The maximum absolute atomic E-state index is 12.0. The van der Waals surface area contributed by atoms with Crippen molar-refractivity contribution in [2.24, 2.45) is 0 Å². The number of aliphatic hydroxyl groups is 1. The van der Waals surface area contributed by atoms with Gasteiger partial charge in [0.15, 0.2) is 0 Å². The molecule has 0 saturated heterocycles. The number of methoxy groups -OCH3 is 1. The van der Waals surface area contributed by atoms with E-state index < -0.39 is 30.1 Å². The maximum Gasteiger partial charge on any atom is 0.407 e. The van der Waals surface area contributed by atoms with Crippen molar-refractivity contribution in [3.05, 3.63) is 47.0 Å². The van der Waals surface area contributed by atoms with Crippen molar-refractivity contribution in [2.75, 3.05) is 13.7 Å².